The smallest absolute Gasteiger partial charge is 0.348 e. The molecule has 0 aliphatic rings. The molecule has 0 aliphatic carbocycles. The summed E-state index contributed by atoms with van der Waals surface area (Å²) in [6.45, 7) is 8.94. The van der Waals surface area contributed by atoms with Gasteiger partial charge in [-0.1, -0.05) is 27.7 Å². The zero-order chi connectivity index (χ0) is 13.3. The lowest BCUT2D eigenvalue weighted by molar-refractivity contribution is -0.323. The first-order chi connectivity index (χ1) is 7.95. The zero-order valence-corrected chi connectivity index (χ0v) is 12.5. The molecule has 0 aromatic heterocycles. The molecule has 104 valence electrons. The predicted octanol–water partition coefficient (Wildman–Crippen LogP) is 1.92. The first-order valence-electron chi connectivity index (χ1n) is 5.67. The van der Waals surface area contributed by atoms with Gasteiger partial charge >= 0.3 is 9.05 Å². The molecule has 0 fully saturated rings. The largest absolute Gasteiger partial charge is 0.736 e. The molecule has 0 radical (unpaired) electrons. The van der Waals surface area contributed by atoms with Crippen molar-refractivity contribution in [2.75, 3.05) is 27.4 Å². The first kappa shape index (κ1) is 17.0. The molecule has 0 rings (SSSR count). The fourth-order valence-electron chi connectivity index (χ4n) is 0.893. The summed E-state index contributed by atoms with van der Waals surface area (Å²) in [6, 6.07) is 0. The highest BCUT2D eigenvalue weighted by molar-refractivity contribution is 6.52. The summed E-state index contributed by atoms with van der Waals surface area (Å²) in [4.78, 5) is 9.26. The second kappa shape index (κ2) is 8.98. The monoisotopic (exact) mass is 268 g/mol. The van der Waals surface area contributed by atoms with Crippen LogP contribution in [0.15, 0.2) is 0 Å². The second-order valence-corrected chi connectivity index (χ2v) is 6.32. The van der Waals surface area contributed by atoms with E-state index in [0.29, 0.717) is 25.0 Å². The van der Waals surface area contributed by atoms with Crippen LogP contribution in [-0.2, 0) is 27.8 Å². The van der Waals surface area contributed by atoms with E-state index in [1.54, 1.807) is 0 Å². The molecular weight excluding hydrogens is 244 g/mol. The summed E-state index contributed by atoms with van der Waals surface area (Å²) in [7, 11) is -0.619. The number of hydrogen-bond donors (Lipinski definition) is 0. The molecule has 0 aromatic carbocycles. The average Bonchev–Trinajstić information content (AvgIpc) is 2.24. The highest BCUT2D eigenvalue weighted by atomic mass is 28.4. The summed E-state index contributed by atoms with van der Waals surface area (Å²) in [5.74, 6) is 0.649. The van der Waals surface area contributed by atoms with Crippen molar-refractivity contribution in [3.05, 3.63) is 0 Å². The van der Waals surface area contributed by atoms with Crippen LogP contribution in [0.5, 0.6) is 0 Å². The van der Waals surface area contributed by atoms with Gasteiger partial charge in [0.1, 0.15) is 0 Å². The third kappa shape index (κ3) is 7.82. The molecule has 0 N–H and O–H groups in total. The van der Waals surface area contributed by atoms with Gasteiger partial charge in [0.05, 0.1) is 14.2 Å². The van der Waals surface area contributed by atoms with Crippen LogP contribution in [0, 0.1) is 11.8 Å². The molecule has 0 amide bonds. The molecule has 17 heavy (non-hydrogen) atoms. The van der Waals surface area contributed by atoms with Crippen molar-refractivity contribution in [2.45, 2.75) is 27.7 Å². The van der Waals surface area contributed by atoms with Gasteiger partial charge in [0.15, 0.2) is 0 Å². The minimum Gasteiger partial charge on any atom is -0.348 e. The van der Waals surface area contributed by atoms with Gasteiger partial charge in [0, 0.05) is 13.2 Å². The Morgan fingerprint density at radius 1 is 0.765 bits per heavy atom. The van der Waals surface area contributed by atoms with Crippen LogP contribution >= 0.6 is 0 Å². The van der Waals surface area contributed by atoms with Crippen LogP contribution in [0.4, 0.5) is 0 Å². The minimum absolute atomic E-state index is 0.324. The third-order valence-corrected chi connectivity index (χ3v) is 3.34. The fraction of sp³-hybridized carbons (Fsp3) is 1.00. The van der Waals surface area contributed by atoms with E-state index in [9.17, 15) is 0 Å². The standard InChI is InChI=1S/C10H24O6Si/c1-9(2)7-13-17(15-11-5,16-12-6)14-8-10(3)4/h9-10H,7-8H2,1-6H3. The van der Waals surface area contributed by atoms with Crippen LogP contribution in [0.3, 0.4) is 0 Å². The summed E-state index contributed by atoms with van der Waals surface area (Å²) in [5.41, 5.74) is 0. The van der Waals surface area contributed by atoms with Crippen LogP contribution < -0.4 is 0 Å². The maximum absolute atomic E-state index is 5.54. The van der Waals surface area contributed by atoms with Crippen molar-refractivity contribution in [3.63, 3.8) is 0 Å². The quantitative estimate of drug-likeness (QED) is 0.343. The van der Waals surface area contributed by atoms with Crippen LogP contribution in [0.25, 0.3) is 0 Å². The Hall–Kier alpha value is -0.0231. The van der Waals surface area contributed by atoms with E-state index < -0.39 is 9.05 Å². The molecule has 0 spiro atoms. The van der Waals surface area contributed by atoms with E-state index in [2.05, 4.69) is 9.78 Å². The lowest BCUT2D eigenvalue weighted by atomic mass is 10.2. The number of rotatable bonds is 10. The lowest BCUT2D eigenvalue weighted by Crippen LogP contribution is -2.50. The normalized spacial score (nSPS) is 12.7. The van der Waals surface area contributed by atoms with Gasteiger partial charge in [-0.25, -0.2) is 9.78 Å². The molecule has 0 atom stereocenters. The van der Waals surface area contributed by atoms with Gasteiger partial charge < -0.3 is 8.85 Å². The maximum atomic E-state index is 5.54. The average molecular weight is 268 g/mol. The maximum Gasteiger partial charge on any atom is 0.736 e. The molecule has 0 aromatic rings. The Morgan fingerprint density at radius 2 is 1.12 bits per heavy atom. The molecule has 0 aliphatic heterocycles. The van der Waals surface area contributed by atoms with Crippen LogP contribution in [0.1, 0.15) is 27.7 Å². The van der Waals surface area contributed by atoms with Gasteiger partial charge in [-0.15, -0.1) is 0 Å². The van der Waals surface area contributed by atoms with Crippen molar-refractivity contribution in [1.29, 1.82) is 0 Å². The Morgan fingerprint density at radius 3 is 1.35 bits per heavy atom. The minimum atomic E-state index is -3.37. The van der Waals surface area contributed by atoms with Gasteiger partial charge in [-0.05, 0) is 11.8 Å². The molecule has 7 heteroatoms. The molecular formula is C10H24O6Si. The topological polar surface area (TPSA) is 55.4 Å². The highest BCUT2D eigenvalue weighted by Gasteiger charge is 2.50. The third-order valence-electron chi connectivity index (χ3n) is 1.56. The van der Waals surface area contributed by atoms with E-state index in [0.717, 1.165) is 0 Å². The van der Waals surface area contributed by atoms with Crippen LogP contribution in [-0.4, -0.2) is 36.5 Å². The summed E-state index contributed by atoms with van der Waals surface area (Å²) in [6.07, 6.45) is 0. The number of hydrogen-bond acceptors (Lipinski definition) is 6. The van der Waals surface area contributed by atoms with Crippen molar-refractivity contribution in [3.8, 4) is 0 Å². The van der Waals surface area contributed by atoms with E-state index in [-0.39, 0.29) is 0 Å². The van der Waals surface area contributed by atoms with Gasteiger partial charge in [0.25, 0.3) is 0 Å². The predicted molar refractivity (Wildman–Crippen MR) is 63.5 cm³/mol. The van der Waals surface area contributed by atoms with Gasteiger partial charge in [-0.3, -0.25) is 0 Å². The Labute approximate surface area is 104 Å². The molecule has 6 nitrogen and oxygen atoms in total. The molecule has 0 bridgehead atoms. The Bertz CT molecular complexity index is 168. The van der Waals surface area contributed by atoms with Crippen molar-refractivity contribution in [1.82, 2.24) is 0 Å². The van der Waals surface area contributed by atoms with Crippen molar-refractivity contribution in [2.24, 2.45) is 11.8 Å². The van der Waals surface area contributed by atoms with Crippen LogP contribution in [0.2, 0.25) is 0 Å². The molecule has 0 saturated heterocycles. The van der Waals surface area contributed by atoms with Crippen molar-refractivity contribution < 1.29 is 27.8 Å². The van der Waals surface area contributed by atoms with E-state index in [1.807, 2.05) is 27.7 Å². The molecule has 0 saturated carbocycles. The second-order valence-electron chi connectivity index (χ2n) is 4.41. The molecule has 0 heterocycles. The first-order valence-corrected chi connectivity index (χ1v) is 7.30. The van der Waals surface area contributed by atoms with Crippen molar-refractivity contribution >= 4 is 9.05 Å². The summed E-state index contributed by atoms with van der Waals surface area (Å²) < 4.78 is 21.1. The van der Waals surface area contributed by atoms with E-state index in [4.69, 9.17) is 18.0 Å². The molecule has 0 unspecified atom stereocenters. The Balaban J connectivity index is 4.47. The summed E-state index contributed by atoms with van der Waals surface area (Å²) >= 11 is 0. The zero-order valence-electron chi connectivity index (χ0n) is 11.5. The SMILES string of the molecule is COO[Si](OCC(C)C)(OCC(C)C)OOC. The Kier molecular flexibility index (Phi) is 8.97. The van der Waals surface area contributed by atoms with Gasteiger partial charge in [-0.2, -0.15) is 9.15 Å². The lowest BCUT2D eigenvalue weighted by Gasteiger charge is -2.25. The summed E-state index contributed by atoms with van der Waals surface area (Å²) in [5, 5.41) is 0. The highest BCUT2D eigenvalue weighted by Crippen LogP contribution is 2.15. The van der Waals surface area contributed by atoms with E-state index >= 15 is 0 Å². The van der Waals surface area contributed by atoms with Gasteiger partial charge in [0.2, 0.25) is 0 Å². The fourth-order valence-corrected chi connectivity index (χ4v) is 2.68. The van der Waals surface area contributed by atoms with E-state index in [1.165, 1.54) is 14.2 Å².